The summed E-state index contributed by atoms with van der Waals surface area (Å²) in [4.78, 5) is 0. The van der Waals surface area contributed by atoms with Gasteiger partial charge in [-0.3, -0.25) is 5.84 Å². The molecule has 0 fully saturated rings. The second-order valence-electron chi connectivity index (χ2n) is 1.19. The van der Waals surface area contributed by atoms with Gasteiger partial charge in [0.05, 0.1) is 0 Å². The van der Waals surface area contributed by atoms with Gasteiger partial charge in [-0.15, -0.1) is 0 Å². The molecule has 0 atom stereocenters. The molecule has 0 aliphatic heterocycles. The van der Waals surface area contributed by atoms with Gasteiger partial charge in [-0.25, -0.2) is 0 Å². The van der Waals surface area contributed by atoms with Crippen LogP contribution in [0.15, 0.2) is 0 Å². The predicted molar refractivity (Wildman–Crippen MR) is 36.9 cm³/mol. The summed E-state index contributed by atoms with van der Waals surface area (Å²) in [6, 6.07) is 0. The number of hydrogen-bond acceptors (Lipinski definition) is 4. The van der Waals surface area contributed by atoms with Gasteiger partial charge in [-0.2, -0.15) is 13.9 Å². The summed E-state index contributed by atoms with van der Waals surface area (Å²) in [5, 5.41) is 1.37. The van der Waals surface area contributed by atoms with E-state index in [0.717, 1.165) is 0 Å². The van der Waals surface area contributed by atoms with Crippen LogP contribution in [0.1, 0.15) is 0 Å². The molecule has 4 nitrogen and oxygen atoms in total. The molecule has 0 aliphatic carbocycles. The lowest BCUT2D eigenvalue weighted by Gasteiger charge is -2.14. The highest BCUT2D eigenvalue weighted by atomic mass is 127. The minimum atomic E-state index is 1.37. The van der Waals surface area contributed by atoms with Crippen molar-refractivity contribution in [2.45, 2.75) is 0 Å². The Morgan fingerprint density at radius 2 is 2.00 bits per heavy atom. The molecule has 0 rings (SSSR count). The molecule has 44 valence electrons. The summed E-state index contributed by atoms with van der Waals surface area (Å²) in [5.41, 5.74) is 2.74. The Hall–Kier alpha value is 0.570. The lowest BCUT2D eigenvalue weighted by Crippen LogP contribution is -2.45. The lowest BCUT2D eigenvalue weighted by molar-refractivity contribution is 0.153. The Morgan fingerprint density at radius 3 is 2.00 bits per heavy atom. The van der Waals surface area contributed by atoms with Crippen molar-refractivity contribution >= 4 is 22.9 Å². The van der Waals surface area contributed by atoms with Crippen molar-refractivity contribution in [1.82, 2.24) is 13.9 Å². The first-order valence-corrected chi connectivity index (χ1v) is 2.73. The molecule has 0 radical (unpaired) electrons. The number of hydrogen-bond donors (Lipinski definition) is 2. The number of halogens is 1. The lowest BCUT2D eigenvalue weighted by atomic mass is 11.4. The molecule has 0 aliphatic rings. The smallest absolute Gasteiger partial charge is 0.0376 e. The Morgan fingerprint density at radius 1 is 1.57 bits per heavy atom. The van der Waals surface area contributed by atoms with E-state index in [4.69, 9.17) is 5.84 Å². The molecule has 0 aromatic rings. The van der Waals surface area contributed by atoms with E-state index in [9.17, 15) is 0 Å². The van der Waals surface area contributed by atoms with E-state index in [1.54, 1.807) is 10.3 Å². The second-order valence-corrected chi connectivity index (χ2v) is 2.64. The molecule has 3 N–H and O–H groups in total. The Labute approximate surface area is 57.0 Å². The average Bonchev–Trinajstić information content (AvgIpc) is 1.27. The molecule has 0 saturated carbocycles. The van der Waals surface area contributed by atoms with Gasteiger partial charge in [0.1, 0.15) is 0 Å². The molecule has 0 spiro atoms. The molecule has 0 heterocycles. The SMILES string of the molecule is CN(N)NN(C)I. The normalized spacial score (nSPS) is 11.1. The van der Waals surface area contributed by atoms with Crippen molar-refractivity contribution in [3.63, 3.8) is 0 Å². The fraction of sp³-hybridized carbons (Fsp3) is 1.00. The van der Waals surface area contributed by atoms with Crippen LogP contribution in [0.4, 0.5) is 0 Å². The Kier molecular flexibility index (Phi) is 3.85. The van der Waals surface area contributed by atoms with Crippen molar-refractivity contribution in [3.05, 3.63) is 0 Å². The topological polar surface area (TPSA) is 44.5 Å². The number of rotatable bonds is 2. The Bertz CT molecular complexity index is 39.0. The first-order valence-electron chi connectivity index (χ1n) is 1.77. The largest absolute Gasteiger partial charge is 0.254 e. The third kappa shape index (κ3) is 6.57. The molecule has 0 saturated heterocycles. The van der Waals surface area contributed by atoms with Crippen LogP contribution >= 0.6 is 22.9 Å². The van der Waals surface area contributed by atoms with Crippen molar-refractivity contribution < 1.29 is 0 Å². The van der Waals surface area contributed by atoms with Crippen LogP contribution in [0.5, 0.6) is 0 Å². The van der Waals surface area contributed by atoms with E-state index in [1.807, 2.05) is 7.05 Å². The maximum atomic E-state index is 5.17. The maximum Gasteiger partial charge on any atom is 0.0376 e. The molecular weight excluding hydrogens is 207 g/mol. The minimum absolute atomic E-state index is 1.37. The van der Waals surface area contributed by atoms with Crippen molar-refractivity contribution in [2.75, 3.05) is 14.1 Å². The van der Waals surface area contributed by atoms with Gasteiger partial charge in [0, 0.05) is 37.0 Å². The molecule has 0 bridgehead atoms. The van der Waals surface area contributed by atoms with E-state index in [0.29, 0.717) is 0 Å². The fourth-order valence-electron chi connectivity index (χ4n) is 0.217. The van der Waals surface area contributed by atoms with Crippen LogP contribution in [0, 0.1) is 0 Å². The highest BCUT2D eigenvalue weighted by molar-refractivity contribution is 14.1. The van der Waals surface area contributed by atoms with Crippen LogP contribution in [0.25, 0.3) is 0 Å². The number of nitrogens with two attached hydrogens (primary N) is 1. The standard InChI is InChI=1S/C2H9IN4/c1-6(3)5-7(2)4/h5H,4H2,1-2H3. The van der Waals surface area contributed by atoms with Gasteiger partial charge in [0.25, 0.3) is 0 Å². The quantitative estimate of drug-likeness (QED) is 0.282. The highest BCUT2D eigenvalue weighted by Crippen LogP contribution is 1.82. The molecule has 0 amide bonds. The van der Waals surface area contributed by atoms with Gasteiger partial charge < -0.3 is 0 Å². The monoisotopic (exact) mass is 216 g/mol. The minimum Gasteiger partial charge on any atom is -0.254 e. The molecule has 0 aromatic heterocycles. The molecule has 7 heavy (non-hydrogen) atoms. The van der Waals surface area contributed by atoms with E-state index < -0.39 is 0 Å². The highest BCUT2D eigenvalue weighted by Gasteiger charge is 1.87. The molecule has 0 aromatic carbocycles. The summed E-state index contributed by atoms with van der Waals surface area (Å²) < 4.78 is 1.72. The van der Waals surface area contributed by atoms with Crippen molar-refractivity contribution in [3.8, 4) is 0 Å². The van der Waals surface area contributed by atoms with Crippen LogP contribution in [0.3, 0.4) is 0 Å². The predicted octanol–water partition coefficient (Wildman–Crippen LogP) is -0.507. The van der Waals surface area contributed by atoms with Crippen molar-refractivity contribution in [1.29, 1.82) is 0 Å². The average molecular weight is 216 g/mol. The summed E-state index contributed by atoms with van der Waals surface area (Å²) >= 11 is 2.06. The van der Waals surface area contributed by atoms with E-state index >= 15 is 0 Å². The van der Waals surface area contributed by atoms with Crippen LogP contribution < -0.4 is 11.4 Å². The van der Waals surface area contributed by atoms with Gasteiger partial charge in [-0.05, 0) is 0 Å². The van der Waals surface area contributed by atoms with Crippen LogP contribution in [0.2, 0.25) is 0 Å². The zero-order chi connectivity index (χ0) is 5.86. The van der Waals surface area contributed by atoms with Crippen molar-refractivity contribution in [2.24, 2.45) is 5.84 Å². The maximum absolute atomic E-state index is 5.17. The Balaban J connectivity index is 2.95. The summed E-state index contributed by atoms with van der Waals surface area (Å²) in [6.45, 7) is 0. The summed E-state index contributed by atoms with van der Waals surface area (Å²) in [5.74, 6) is 5.17. The number of nitrogens with zero attached hydrogens (tertiary/aromatic N) is 2. The van der Waals surface area contributed by atoms with Crippen LogP contribution in [-0.2, 0) is 0 Å². The summed E-state index contributed by atoms with van der Waals surface area (Å²) in [7, 11) is 3.57. The number of nitrogens with one attached hydrogen (secondary N) is 1. The zero-order valence-electron chi connectivity index (χ0n) is 4.35. The zero-order valence-corrected chi connectivity index (χ0v) is 6.51. The summed E-state index contributed by atoms with van der Waals surface area (Å²) in [6.07, 6.45) is 0. The van der Waals surface area contributed by atoms with E-state index in [2.05, 4.69) is 28.4 Å². The number of hydrazine groups is 3. The molecule has 5 heteroatoms. The third-order valence-electron chi connectivity index (χ3n) is 0.296. The fourth-order valence-corrected chi connectivity index (χ4v) is 0.558. The van der Waals surface area contributed by atoms with Gasteiger partial charge >= 0.3 is 0 Å². The first kappa shape index (κ1) is 7.57. The van der Waals surface area contributed by atoms with Crippen LogP contribution in [-0.4, -0.2) is 22.4 Å². The van der Waals surface area contributed by atoms with Gasteiger partial charge in [0.2, 0.25) is 0 Å². The third-order valence-corrected chi connectivity index (χ3v) is 0.511. The van der Waals surface area contributed by atoms with Gasteiger partial charge in [0.15, 0.2) is 0 Å². The van der Waals surface area contributed by atoms with E-state index in [1.165, 1.54) is 5.12 Å². The second kappa shape index (κ2) is 3.56. The first-order chi connectivity index (χ1) is 3.13. The van der Waals surface area contributed by atoms with Gasteiger partial charge in [-0.1, -0.05) is 0 Å². The molecule has 0 unspecified atom stereocenters. The van der Waals surface area contributed by atoms with E-state index in [-0.39, 0.29) is 0 Å². The molecular formula is C2H9IN4.